The molecule has 0 aliphatic heterocycles. The second kappa shape index (κ2) is 3.56. The molecule has 0 radical (unpaired) electrons. The second-order valence-corrected chi connectivity index (χ2v) is 5.20. The zero-order chi connectivity index (χ0) is 10.2. The van der Waals surface area contributed by atoms with Crippen LogP contribution in [0.25, 0.3) is 0 Å². The van der Waals surface area contributed by atoms with Gasteiger partial charge in [0.05, 0.1) is 5.92 Å². The molecule has 2 aliphatic carbocycles. The average Bonchev–Trinajstić information content (AvgIpc) is 2.94. The molecule has 2 aliphatic rings. The Balaban J connectivity index is 2.10. The fourth-order valence-electron chi connectivity index (χ4n) is 3.24. The SMILES string of the molecule is CC(C(=O)O)C1CCCCCC12CC2. The van der Waals surface area contributed by atoms with Gasteiger partial charge < -0.3 is 5.11 Å². The maximum atomic E-state index is 11.0. The van der Waals surface area contributed by atoms with Gasteiger partial charge in [-0.05, 0) is 37.0 Å². The minimum atomic E-state index is -0.594. The topological polar surface area (TPSA) is 37.3 Å². The molecule has 2 heteroatoms. The minimum absolute atomic E-state index is 0.129. The first-order valence-electron chi connectivity index (χ1n) is 5.88. The highest BCUT2D eigenvalue weighted by Gasteiger charge is 2.51. The van der Waals surface area contributed by atoms with Crippen LogP contribution < -0.4 is 0 Å². The molecule has 2 atom stereocenters. The second-order valence-electron chi connectivity index (χ2n) is 5.20. The van der Waals surface area contributed by atoms with Crippen molar-refractivity contribution in [3.8, 4) is 0 Å². The highest BCUT2D eigenvalue weighted by Crippen LogP contribution is 2.60. The smallest absolute Gasteiger partial charge is 0.306 e. The predicted molar refractivity (Wildman–Crippen MR) is 55.0 cm³/mol. The van der Waals surface area contributed by atoms with E-state index in [2.05, 4.69) is 0 Å². The monoisotopic (exact) mass is 196 g/mol. The molecule has 2 nitrogen and oxygen atoms in total. The van der Waals surface area contributed by atoms with Gasteiger partial charge >= 0.3 is 5.97 Å². The first-order valence-corrected chi connectivity index (χ1v) is 5.88. The molecular formula is C12H20O2. The fourth-order valence-corrected chi connectivity index (χ4v) is 3.24. The predicted octanol–water partition coefficient (Wildman–Crippen LogP) is 3.07. The quantitative estimate of drug-likeness (QED) is 0.737. The van der Waals surface area contributed by atoms with E-state index in [4.69, 9.17) is 5.11 Å². The van der Waals surface area contributed by atoms with Crippen molar-refractivity contribution < 1.29 is 9.90 Å². The third-order valence-corrected chi connectivity index (χ3v) is 4.36. The average molecular weight is 196 g/mol. The van der Waals surface area contributed by atoms with Crippen molar-refractivity contribution in [2.75, 3.05) is 0 Å². The Morgan fingerprint density at radius 1 is 1.29 bits per heavy atom. The number of carboxylic acids is 1. The van der Waals surface area contributed by atoms with E-state index in [0.717, 1.165) is 6.42 Å². The summed E-state index contributed by atoms with van der Waals surface area (Å²) in [5.74, 6) is -0.263. The van der Waals surface area contributed by atoms with Gasteiger partial charge in [-0.25, -0.2) is 0 Å². The van der Waals surface area contributed by atoms with Crippen LogP contribution in [0.4, 0.5) is 0 Å². The zero-order valence-electron chi connectivity index (χ0n) is 8.96. The van der Waals surface area contributed by atoms with E-state index in [1.165, 1.54) is 38.5 Å². The van der Waals surface area contributed by atoms with Crippen molar-refractivity contribution in [1.82, 2.24) is 0 Å². The molecule has 0 aromatic heterocycles. The maximum Gasteiger partial charge on any atom is 0.306 e. The highest BCUT2D eigenvalue weighted by molar-refractivity contribution is 5.70. The minimum Gasteiger partial charge on any atom is -0.481 e. The summed E-state index contributed by atoms with van der Waals surface area (Å²) >= 11 is 0. The van der Waals surface area contributed by atoms with Crippen molar-refractivity contribution in [1.29, 1.82) is 0 Å². The van der Waals surface area contributed by atoms with E-state index in [1.807, 2.05) is 6.92 Å². The Bertz CT molecular complexity index is 230. The van der Waals surface area contributed by atoms with Crippen molar-refractivity contribution in [3.05, 3.63) is 0 Å². The van der Waals surface area contributed by atoms with Crippen LogP contribution in [0.1, 0.15) is 51.9 Å². The Morgan fingerprint density at radius 2 is 2.00 bits per heavy atom. The summed E-state index contributed by atoms with van der Waals surface area (Å²) in [7, 11) is 0. The Labute approximate surface area is 85.7 Å². The number of carboxylic acid groups (broad SMARTS) is 1. The molecule has 2 fully saturated rings. The summed E-state index contributed by atoms with van der Waals surface area (Å²) in [5.41, 5.74) is 0.453. The van der Waals surface area contributed by atoms with E-state index >= 15 is 0 Å². The molecule has 0 amide bonds. The van der Waals surface area contributed by atoms with E-state index < -0.39 is 5.97 Å². The largest absolute Gasteiger partial charge is 0.481 e. The van der Waals surface area contributed by atoms with Gasteiger partial charge in [0, 0.05) is 0 Å². The van der Waals surface area contributed by atoms with E-state index in [-0.39, 0.29) is 5.92 Å². The summed E-state index contributed by atoms with van der Waals surface area (Å²) in [5, 5.41) is 9.09. The lowest BCUT2D eigenvalue weighted by Crippen LogP contribution is -2.27. The molecule has 0 saturated heterocycles. The van der Waals surface area contributed by atoms with Crippen molar-refractivity contribution in [3.63, 3.8) is 0 Å². The summed E-state index contributed by atoms with van der Waals surface area (Å²) in [6.07, 6.45) is 8.88. The summed E-state index contributed by atoms with van der Waals surface area (Å²) < 4.78 is 0. The molecule has 14 heavy (non-hydrogen) atoms. The number of aliphatic carboxylic acids is 1. The van der Waals surface area contributed by atoms with Crippen LogP contribution >= 0.6 is 0 Å². The van der Waals surface area contributed by atoms with Gasteiger partial charge in [-0.1, -0.05) is 26.2 Å². The van der Waals surface area contributed by atoms with Crippen LogP contribution in [0.5, 0.6) is 0 Å². The lowest BCUT2D eigenvalue weighted by molar-refractivity contribution is -0.144. The van der Waals surface area contributed by atoms with Crippen LogP contribution in [0.15, 0.2) is 0 Å². The van der Waals surface area contributed by atoms with Crippen LogP contribution in [-0.2, 0) is 4.79 Å². The molecule has 0 bridgehead atoms. The number of rotatable bonds is 2. The van der Waals surface area contributed by atoms with E-state index in [0.29, 0.717) is 11.3 Å². The first-order chi connectivity index (χ1) is 6.66. The number of carbonyl (C=O) groups is 1. The fraction of sp³-hybridized carbons (Fsp3) is 0.917. The lowest BCUT2D eigenvalue weighted by atomic mass is 9.76. The molecule has 0 aromatic carbocycles. The number of hydrogen-bond donors (Lipinski definition) is 1. The van der Waals surface area contributed by atoms with Crippen molar-refractivity contribution >= 4 is 5.97 Å². The molecule has 1 N–H and O–H groups in total. The van der Waals surface area contributed by atoms with Crippen LogP contribution in [0.3, 0.4) is 0 Å². The molecule has 2 rings (SSSR count). The van der Waals surface area contributed by atoms with Crippen LogP contribution in [0.2, 0.25) is 0 Å². The Morgan fingerprint density at radius 3 is 2.57 bits per heavy atom. The maximum absolute atomic E-state index is 11.0. The van der Waals surface area contributed by atoms with Gasteiger partial charge in [0.2, 0.25) is 0 Å². The van der Waals surface area contributed by atoms with E-state index in [1.54, 1.807) is 0 Å². The van der Waals surface area contributed by atoms with E-state index in [9.17, 15) is 4.79 Å². The molecular weight excluding hydrogens is 176 g/mol. The standard InChI is InChI=1S/C12H20O2/c1-9(11(13)14)10-5-3-2-4-6-12(10)7-8-12/h9-10H,2-8H2,1H3,(H,13,14). The lowest BCUT2D eigenvalue weighted by Gasteiger charge is -2.28. The van der Waals surface area contributed by atoms with Gasteiger partial charge in [0.15, 0.2) is 0 Å². The normalized spacial score (nSPS) is 32.2. The molecule has 2 unspecified atom stereocenters. The van der Waals surface area contributed by atoms with Gasteiger partial charge in [-0.3, -0.25) is 4.79 Å². The molecule has 2 saturated carbocycles. The third-order valence-electron chi connectivity index (χ3n) is 4.36. The van der Waals surface area contributed by atoms with Gasteiger partial charge in [-0.15, -0.1) is 0 Å². The molecule has 1 spiro atoms. The molecule has 0 heterocycles. The summed E-state index contributed by atoms with van der Waals surface area (Å²) in [6.45, 7) is 1.90. The van der Waals surface area contributed by atoms with Crippen LogP contribution in [0, 0.1) is 17.3 Å². The summed E-state index contributed by atoms with van der Waals surface area (Å²) in [6, 6.07) is 0. The van der Waals surface area contributed by atoms with Crippen molar-refractivity contribution in [2.45, 2.75) is 51.9 Å². The highest BCUT2D eigenvalue weighted by atomic mass is 16.4. The summed E-state index contributed by atoms with van der Waals surface area (Å²) in [4.78, 5) is 11.0. The Hall–Kier alpha value is -0.530. The van der Waals surface area contributed by atoms with Gasteiger partial charge in [0.25, 0.3) is 0 Å². The van der Waals surface area contributed by atoms with Gasteiger partial charge in [0.1, 0.15) is 0 Å². The number of hydrogen-bond acceptors (Lipinski definition) is 1. The Kier molecular flexibility index (Phi) is 2.54. The van der Waals surface area contributed by atoms with Crippen LogP contribution in [-0.4, -0.2) is 11.1 Å². The van der Waals surface area contributed by atoms with Gasteiger partial charge in [-0.2, -0.15) is 0 Å². The van der Waals surface area contributed by atoms with Crippen molar-refractivity contribution in [2.24, 2.45) is 17.3 Å². The first kappa shape index (κ1) is 10.0. The third kappa shape index (κ3) is 1.67. The molecule has 0 aromatic rings. The molecule has 80 valence electrons. The zero-order valence-corrected chi connectivity index (χ0v) is 8.96.